The van der Waals surface area contributed by atoms with Crippen LogP contribution in [0.25, 0.3) is 10.9 Å². The lowest BCUT2D eigenvalue weighted by Gasteiger charge is -2.04. The minimum Gasteiger partial charge on any atom is -0.497 e. The monoisotopic (exact) mass is 204 g/mol. The highest BCUT2D eigenvalue weighted by Gasteiger charge is 2.05. The van der Waals surface area contributed by atoms with E-state index >= 15 is 0 Å². The Morgan fingerprint density at radius 3 is 2.87 bits per heavy atom. The molecular weight excluding hydrogens is 188 g/mol. The van der Waals surface area contributed by atoms with Crippen LogP contribution in [0, 0.1) is 6.92 Å². The van der Waals surface area contributed by atoms with Crippen LogP contribution < -0.4 is 10.5 Å². The summed E-state index contributed by atoms with van der Waals surface area (Å²) in [6.07, 6.45) is 2.14. The van der Waals surface area contributed by atoms with Crippen molar-refractivity contribution >= 4 is 10.9 Å². The number of methoxy groups -OCH3 is 1. The maximum absolute atomic E-state index is 5.58. The third-order valence-corrected chi connectivity index (χ3v) is 2.66. The van der Waals surface area contributed by atoms with Gasteiger partial charge in [0.2, 0.25) is 0 Å². The summed E-state index contributed by atoms with van der Waals surface area (Å²) in [6.45, 7) is 3.61. The van der Waals surface area contributed by atoms with Crippen molar-refractivity contribution in [1.82, 2.24) is 4.57 Å². The third-order valence-electron chi connectivity index (χ3n) is 2.66. The van der Waals surface area contributed by atoms with Gasteiger partial charge in [-0.05, 0) is 24.6 Å². The fourth-order valence-electron chi connectivity index (χ4n) is 1.91. The lowest BCUT2D eigenvalue weighted by molar-refractivity contribution is 0.415. The van der Waals surface area contributed by atoms with Crippen molar-refractivity contribution in [2.24, 2.45) is 5.73 Å². The molecule has 0 atom stereocenters. The zero-order valence-electron chi connectivity index (χ0n) is 9.16. The van der Waals surface area contributed by atoms with E-state index in [1.165, 1.54) is 16.5 Å². The van der Waals surface area contributed by atoms with Gasteiger partial charge in [0.05, 0.1) is 12.6 Å². The molecule has 1 aromatic carbocycles. The van der Waals surface area contributed by atoms with Gasteiger partial charge < -0.3 is 15.0 Å². The first-order valence-electron chi connectivity index (χ1n) is 5.10. The summed E-state index contributed by atoms with van der Waals surface area (Å²) < 4.78 is 7.39. The number of aromatic nitrogens is 1. The highest BCUT2D eigenvalue weighted by molar-refractivity contribution is 5.85. The molecule has 2 N–H and O–H groups in total. The number of benzene rings is 1. The van der Waals surface area contributed by atoms with E-state index in [-0.39, 0.29) is 0 Å². The Hall–Kier alpha value is -1.48. The maximum Gasteiger partial charge on any atom is 0.120 e. The standard InChI is InChI=1S/C12H16N2O/c1-9-8-14(6-5-13)12-7-10(15-2)3-4-11(9)12/h3-4,7-8H,5-6,13H2,1-2H3. The Morgan fingerprint density at radius 2 is 2.20 bits per heavy atom. The second kappa shape index (κ2) is 3.95. The van der Waals surface area contributed by atoms with E-state index in [9.17, 15) is 0 Å². The molecule has 0 bridgehead atoms. The Bertz CT molecular complexity index is 474. The maximum atomic E-state index is 5.58. The summed E-state index contributed by atoms with van der Waals surface area (Å²) in [6, 6.07) is 6.14. The van der Waals surface area contributed by atoms with E-state index in [0.29, 0.717) is 6.54 Å². The Labute approximate surface area is 89.4 Å². The minimum atomic E-state index is 0.653. The second-order valence-corrected chi connectivity index (χ2v) is 3.68. The molecule has 0 radical (unpaired) electrons. The predicted molar refractivity (Wildman–Crippen MR) is 62.3 cm³/mol. The molecule has 0 unspecified atom stereocenters. The molecule has 0 saturated heterocycles. The first-order valence-corrected chi connectivity index (χ1v) is 5.10. The van der Waals surface area contributed by atoms with Gasteiger partial charge in [-0.2, -0.15) is 0 Å². The largest absolute Gasteiger partial charge is 0.497 e. The van der Waals surface area contributed by atoms with Gasteiger partial charge in [0, 0.05) is 30.7 Å². The van der Waals surface area contributed by atoms with Crippen LogP contribution in [0.2, 0.25) is 0 Å². The zero-order chi connectivity index (χ0) is 10.8. The number of hydrogen-bond acceptors (Lipinski definition) is 2. The van der Waals surface area contributed by atoms with Crippen molar-refractivity contribution in [2.45, 2.75) is 13.5 Å². The molecule has 0 aliphatic heterocycles. The molecule has 2 aromatic rings. The van der Waals surface area contributed by atoms with Gasteiger partial charge >= 0.3 is 0 Å². The fourth-order valence-corrected chi connectivity index (χ4v) is 1.91. The first kappa shape index (κ1) is 10.1. The van der Waals surface area contributed by atoms with Crippen molar-refractivity contribution in [3.05, 3.63) is 30.0 Å². The van der Waals surface area contributed by atoms with Crippen LogP contribution in [-0.2, 0) is 6.54 Å². The smallest absolute Gasteiger partial charge is 0.120 e. The molecule has 15 heavy (non-hydrogen) atoms. The topological polar surface area (TPSA) is 40.2 Å². The number of fused-ring (bicyclic) bond motifs is 1. The molecule has 0 aliphatic carbocycles. The predicted octanol–water partition coefficient (Wildman–Crippen LogP) is 1.92. The SMILES string of the molecule is COc1ccc2c(C)cn(CCN)c2c1. The summed E-state index contributed by atoms with van der Waals surface area (Å²) in [7, 11) is 1.68. The quantitative estimate of drug-likeness (QED) is 0.829. The van der Waals surface area contributed by atoms with Crippen LogP contribution in [-0.4, -0.2) is 18.2 Å². The lowest BCUT2D eigenvalue weighted by Crippen LogP contribution is -2.08. The average molecular weight is 204 g/mol. The third kappa shape index (κ3) is 1.70. The van der Waals surface area contributed by atoms with Crippen LogP contribution in [0.4, 0.5) is 0 Å². The zero-order valence-corrected chi connectivity index (χ0v) is 9.16. The molecule has 0 aliphatic rings. The number of hydrogen-bond donors (Lipinski definition) is 1. The van der Waals surface area contributed by atoms with Gasteiger partial charge in [-0.3, -0.25) is 0 Å². The van der Waals surface area contributed by atoms with E-state index in [1.54, 1.807) is 7.11 Å². The number of rotatable bonds is 3. The number of nitrogens with zero attached hydrogens (tertiary/aromatic N) is 1. The van der Waals surface area contributed by atoms with Crippen molar-refractivity contribution < 1.29 is 4.74 Å². The normalized spacial score (nSPS) is 10.9. The van der Waals surface area contributed by atoms with Gasteiger partial charge in [0.25, 0.3) is 0 Å². The lowest BCUT2D eigenvalue weighted by atomic mass is 10.2. The van der Waals surface area contributed by atoms with Crippen molar-refractivity contribution in [3.8, 4) is 5.75 Å². The van der Waals surface area contributed by atoms with Crippen LogP contribution in [0.3, 0.4) is 0 Å². The van der Waals surface area contributed by atoms with E-state index in [0.717, 1.165) is 12.3 Å². The molecule has 2 rings (SSSR count). The van der Waals surface area contributed by atoms with Gasteiger partial charge in [-0.1, -0.05) is 0 Å². The molecule has 0 amide bonds. The Balaban J connectivity index is 2.60. The van der Waals surface area contributed by atoms with Crippen LogP contribution in [0.15, 0.2) is 24.4 Å². The molecule has 3 heteroatoms. The molecule has 1 aromatic heterocycles. The minimum absolute atomic E-state index is 0.653. The summed E-state index contributed by atoms with van der Waals surface area (Å²) in [5, 5.41) is 1.27. The second-order valence-electron chi connectivity index (χ2n) is 3.68. The van der Waals surface area contributed by atoms with Crippen molar-refractivity contribution in [3.63, 3.8) is 0 Å². The van der Waals surface area contributed by atoms with Crippen LogP contribution in [0.5, 0.6) is 5.75 Å². The molecule has 80 valence electrons. The molecular formula is C12H16N2O. The van der Waals surface area contributed by atoms with Gasteiger partial charge in [-0.25, -0.2) is 0 Å². The highest BCUT2D eigenvalue weighted by Crippen LogP contribution is 2.25. The number of nitrogens with two attached hydrogens (primary N) is 1. The molecule has 0 spiro atoms. The Morgan fingerprint density at radius 1 is 1.40 bits per heavy atom. The van der Waals surface area contributed by atoms with Gasteiger partial charge in [0.1, 0.15) is 5.75 Å². The van der Waals surface area contributed by atoms with Crippen LogP contribution in [0.1, 0.15) is 5.56 Å². The van der Waals surface area contributed by atoms with E-state index in [4.69, 9.17) is 10.5 Å². The highest BCUT2D eigenvalue weighted by atomic mass is 16.5. The number of ether oxygens (including phenoxy) is 1. The molecule has 0 saturated carbocycles. The van der Waals surface area contributed by atoms with E-state index < -0.39 is 0 Å². The summed E-state index contributed by atoms with van der Waals surface area (Å²) >= 11 is 0. The fraction of sp³-hybridized carbons (Fsp3) is 0.333. The molecule has 1 heterocycles. The van der Waals surface area contributed by atoms with E-state index in [2.05, 4.69) is 29.8 Å². The van der Waals surface area contributed by atoms with Crippen LogP contribution >= 0.6 is 0 Å². The van der Waals surface area contributed by atoms with Gasteiger partial charge in [0.15, 0.2) is 0 Å². The number of aryl methyl sites for hydroxylation is 1. The summed E-state index contributed by atoms with van der Waals surface area (Å²) in [4.78, 5) is 0. The van der Waals surface area contributed by atoms with E-state index in [1.807, 2.05) is 6.07 Å². The van der Waals surface area contributed by atoms with Gasteiger partial charge in [-0.15, -0.1) is 0 Å². The summed E-state index contributed by atoms with van der Waals surface area (Å²) in [5.41, 5.74) is 8.05. The van der Waals surface area contributed by atoms with Crippen molar-refractivity contribution in [2.75, 3.05) is 13.7 Å². The average Bonchev–Trinajstić information content (AvgIpc) is 2.56. The molecule has 0 fully saturated rings. The summed E-state index contributed by atoms with van der Waals surface area (Å²) in [5.74, 6) is 0.888. The first-order chi connectivity index (χ1) is 7.26. The van der Waals surface area contributed by atoms with Crippen molar-refractivity contribution in [1.29, 1.82) is 0 Å². The molecule has 3 nitrogen and oxygen atoms in total. The Kier molecular flexibility index (Phi) is 2.64.